The Morgan fingerprint density at radius 1 is 1.47 bits per heavy atom. The highest BCUT2D eigenvalue weighted by atomic mass is 35.5. The van der Waals surface area contributed by atoms with Crippen LogP contribution in [0, 0.1) is 0 Å². The monoisotopic (exact) mass is 229 g/mol. The maximum absolute atomic E-state index is 6.11. The molecule has 0 saturated heterocycles. The van der Waals surface area contributed by atoms with Gasteiger partial charge in [0.05, 0.1) is 12.1 Å². The predicted octanol–water partition coefficient (Wildman–Crippen LogP) is 1.58. The van der Waals surface area contributed by atoms with Crippen LogP contribution in [0.5, 0.6) is 17.2 Å². The minimum absolute atomic E-state index is 0.293. The van der Waals surface area contributed by atoms with Crippen LogP contribution in [0.15, 0.2) is 6.07 Å². The molecule has 0 atom stereocenters. The van der Waals surface area contributed by atoms with Crippen molar-refractivity contribution in [2.45, 2.75) is 6.54 Å². The van der Waals surface area contributed by atoms with Gasteiger partial charge in [-0.3, -0.25) is 0 Å². The van der Waals surface area contributed by atoms with E-state index in [1.807, 2.05) is 0 Å². The van der Waals surface area contributed by atoms with E-state index in [1.165, 1.54) is 0 Å². The molecule has 0 amide bonds. The molecule has 0 fully saturated rings. The number of fused-ring (bicyclic) bond motifs is 1. The fourth-order valence-corrected chi connectivity index (χ4v) is 1.83. The van der Waals surface area contributed by atoms with Crippen LogP contribution in [-0.2, 0) is 6.54 Å². The lowest BCUT2D eigenvalue weighted by Crippen LogP contribution is -2.18. The van der Waals surface area contributed by atoms with Gasteiger partial charge in [-0.1, -0.05) is 11.6 Å². The average molecular weight is 230 g/mol. The molecule has 0 radical (unpaired) electrons. The highest BCUT2D eigenvalue weighted by Gasteiger charge is 2.21. The van der Waals surface area contributed by atoms with E-state index in [-0.39, 0.29) is 0 Å². The summed E-state index contributed by atoms with van der Waals surface area (Å²) in [6.45, 7) is 1.34. The van der Waals surface area contributed by atoms with Crippen molar-refractivity contribution in [1.29, 1.82) is 0 Å². The second-order valence-electron chi connectivity index (χ2n) is 3.10. The zero-order chi connectivity index (χ0) is 10.8. The number of benzene rings is 1. The zero-order valence-corrected chi connectivity index (χ0v) is 9.13. The van der Waals surface area contributed by atoms with Gasteiger partial charge in [-0.05, 0) is 0 Å². The first-order valence-corrected chi connectivity index (χ1v) is 5.00. The fourth-order valence-electron chi connectivity index (χ4n) is 1.54. The number of rotatable bonds is 2. The summed E-state index contributed by atoms with van der Waals surface area (Å²) in [6, 6.07) is 1.72. The molecule has 1 aromatic carbocycles. The van der Waals surface area contributed by atoms with E-state index >= 15 is 0 Å². The van der Waals surface area contributed by atoms with Gasteiger partial charge in [-0.25, -0.2) is 0 Å². The molecule has 1 aliphatic heterocycles. The van der Waals surface area contributed by atoms with Crippen LogP contribution < -0.4 is 19.9 Å². The van der Waals surface area contributed by atoms with Gasteiger partial charge in [0, 0.05) is 18.2 Å². The van der Waals surface area contributed by atoms with E-state index in [4.69, 9.17) is 31.5 Å². The average Bonchev–Trinajstić information content (AvgIpc) is 2.28. The Kier molecular flexibility index (Phi) is 2.88. The molecule has 5 heteroatoms. The molecule has 15 heavy (non-hydrogen) atoms. The van der Waals surface area contributed by atoms with Gasteiger partial charge in [-0.15, -0.1) is 0 Å². The molecule has 0 unspecified atom stereocenters. The SMILES string of the molecule is COc1cc2c(c(CN)c1Cl)OCCO2. The zero-order valence-electron chi connectivity index (χ0n) is 8.38. The van der Waals surface area contributed by atoms with E-state index in [2.05, 4.69) is 0 Å². The molecule has 0 aromatic heterocycles. The summed E-state index contributed by atoms with van der Waals surface area (Å²) in [5, 5.41) is 0.490. The summed E-state index contributed by atoms with van der Waals surface area (Å²) < 4.78 is 16.1. The number of ether oxygens (including phenoxy) is 3. The number of hydrogen-bond donors (Lipinski definition) is 1. The summed E-state index contributed by atoms with van der Waals surface area (Å²) in [5.41, 5.74) is 6.35. The van der Waals surface area contributed by atoms with Crippen molar-refractivity contribution in [1.82, 2.24) is 0 Å². The molecule has 2 N–H and O–H groups in total. The first-order chi connectivity index (χ1) is 7.27. The van der Waals surface area contributed by atoms with E-state index in [1.54, 1.807) is 13.2 Å². The minimum atomic E-state index is 0.293. The van der Waals surface area contributed by atoms with E-state index < -0.39 is 0 Å². The predicted molar refractivity (Wildman–Crippen MR) is 56.9 cm³/mol. The van der Waals surface area contributed by atoms with Crippen molar-refractivity contribution in [3.63, 3.8) is 0 Å². The molecule has 0 spiro atoms. The molecule has 0 bridgehead atoms. The van der Waals surface area contributed by atoms with Gasteiger partial charge in [-0.2, -0.15) is 0 Å². The Labute approximate surface area is 92.9 Å². The lowest BCUT2D eigenvalue weighted by molar-refractivity contribution is 0.169. The Morgan fingerprint density at radius 3 is 2.87 bits per heavy atom. The van der Waals surface area contributed by atoms with Crippen LogP contribution in [0.4, 0.5) is 0 Å². The number of hydrogen-bond acceptors (Lipinski definition) is 4. The van der Waals surface area contributed by atoms with Gasteiger partial charge < -0.3 is 19.9 Å². The second kappa shape index (κ2) is 4.16. The van der Waals surface area contributed by atoms with Crippen LogP contribution in [0.2, 0.25) is 5.02 Å². The third-order valence-electron chi connectivity index (χ3n) is 2.25. The van der Waals surface area contributed by atoms with Crippen LogP contribution >= 0.6 is 11.6 Å². The third-order valence-corrected chi connectivity index (χ3v) is 2.67. The van der Waals surface area contributed by atoms with Gasteiger partial charge in [0.1, 0.15) is 19.0 Å². The first kappa shape index (κ1) is 10.4. The van der Waals surface area contributed by atoms with Crippen molar-refractivity contribution < 1.29 is 14.2 Å². The second-order valence-corrected chi connectivity index (χ2v) is 3.48. The van der Waals surface area contributed by atoms with Crippen molar-refractivity contribution in [3.8, 4) is 17.2 Å². The summed E-state index contributed by atoms with van der Waals surface area (Å²) in [5.74, 6) is 1.83. The highest BCUT2D eigenvalue weighted by Crippen LogP contribution is 2.43. The van der Waals surface area contributed by atoms with Gasteiger partial charge in [0.15, 0.2) is 11.5 Å². The summed E-state index contributed by atoms with van der Waals surface area (Å²) in [4.78, 5) is 0. The largest absolute Gasteiger partial charge is 0.495 e. The molecule has 1 aromatic rings. The quantitative estimate of drug-likeness (QED) is 0.837. The summed E-state index contributed by atoms with van der Waals surface area (Å²) in [6.07, 6.45) is 0. The minimum Gasteiger partial charge on any atom is -0.495 e. The van der Waals surface area contributed by atoms with Gasteiger partial charge in [0.2, 0.25) is 0 Å². The van der Waals surface area contributed by atoms with Crippen molar-refractivity contribution in [3.05, 3.63) is 16.7 Å². The molecule has 82 valence electrons. The maximum atomic E-state index is 6.11. The summed E-state index contributed by atoms with van der Waals surface area (Å²) >= 11 is 6.11. The Balaban J connectivity index is 2.58. The van der Waals surface area contributed by atoms with Crippen LogP contribution in [-0.4, -0.2) is 20.3 Å². The summed E-state index contributed by atoms with van der Waals surface area (Å²) in [7, 11) is 1.55. The molecular formula is C10H12ClNO3. The lowest BCUT2D eigenvalue weighted by Gasteiger charge is -2.22. The fraction of sp³-hybridized carbons (Fsp3) is 0.400. The molecule has 1 heterocycles. The van der Waals surface area contributed by atoms with E-state index in [0.29, 0.717) is 42.0 Å². The standard InChI is InChI=1S/C10H12ClNO3/c1-13-7-4-8-10(15-3-2-14-8)6(5-12)9(7)11/h4H,2-3,5,12H2,1H3. The topological polar surface area (TPSA) is 53.7 Å². The van der Waals surface area contributed by atoms with Crippen molar-refractivity contribution in [2.24, 2.45) is 5.73 Å². The first-order valence-electron chi connectivity index (χ1n) is 4.63. The number of methoxy groups -OCH3 is 1. The third kappa shape index (κ3) is 1.70. The van der Waals surface area contributed by atoms with Crippen LogP contribution in [0.1, 0.15) is 5.56 Å². The maximum Gasteiger partial charge on any atom is 0.167 e. The Hall–Kier alpha value is -1.13. The van der Waals surface area contributed by atoms with Crippen molar-refractivity contribution in [2.75, 3.05) is 20.3 Å². The Bertz CT molecular complexity index is 381. The molecule has 1 aliphatic rings. The molecule has 4 nitrogen and oxygen atoms in total. The lowest BCUT2D eigenvalue weighted by atomic mass is 10.1. The number of nitrogens with two attached hydrogens (primary N) is 1. The van der Waals surface area contributed by atoms with E-state index in [9.17, 15) is 0 Å². The molecular weight excluding hydrogens is 218 g/mol. The molecule has 0 aliphatic carbocycles. The smallest absolute Gasteiger partial charge is 0.167 e. The van der Waals surface area contributed by atoms with Crippen LogP contribution in [0.25, 0.3) is 0 Å². The van der Waals surface area contributed by atoms with Gasteiger partial charge >= 0.3 is 0 Å². The van der Waals surface area contributed by atoms with E-state index in [0.717, 1.165) is 5.56 Å². The van der Waals surface area contributed by atoms with Crippen LogP contribution in [0.3, 0.4) is 0 Å². The highest BCUT2D eigenvalue weighted by molar-refractivity contribution is 6.33. The van der Waals surface area contributed by atoms with Gasteiger partial charge in [0.25, 0.3) is 0 Å². The molecule has 0 saturated carbocycles. The Morgan fingerprint density at radius 2 is 2.20 bits per heavy atom. The molecule has 2 rings (SSSR count). The normalized spacial score (nSPS) is 13.8. The van der Waals surface area contributed by atoms with Crippen molar-refractivity contribution >= 4 is 11.6 Å². The number of halogens is 1.